The van der Waals surface area contributed by atoms with Gasteiger partial charge in [0.25, 0.3) is 0 Å². The summed E-state index contributed by atoms with van der Waals surface area (Å²) in [6.07, 6.45) is 0. The third kappa shape index (κ3) is 7.33. The second-order valence-corrected chi connectivity index (χ2v) is 10.1. The Hall–Kier alpha value is -3.38. The number of aromatic nitrogens is 2. The maximum Gasteiger partial charge on any atom is 0.224 e. The van der Waals surface area contributed by atoms with Crippen molar-refractivity contribution in [3.8, 4) is 4.98 Å². The number of ether oxygens (including phenoxy) is 2. The third-order valence-corrected chi connectivity index (χ3v) is 7.33. The number of anilines is 4. The molecule has 0 spiro atoms. The number of nitrogens with one attached hydrogen (secondary N) is 3. The maximum atomic E-state index is 8.03. The van der Waals surface area contributed by atoms with Crippen LogP contribution in [0.1, 0.15) is 5.56 Å². The highest BCUT2D eigenvalue weighted by atomic mass is 79.9. The molecule has 2 saturated heterocycles. The van der Waals surface area contributed by atoms with Gasteiger partial charge in [-0.25, -0.2) is 4.98 Å². The van der Waals surface area contributed by atoms with Gasteiger partial charge in [-0.05, 0) is 36.4 Å². The zero-order valence-electron chi connectivity index (χ0n) is 23.3. The lowest BCUT2D eigenvalue weighted by atomic mass is 10.1. The lowest BCUT2D eigenvalue weighted by molar-refractivity contribution is 0.122. The molecule has 0 radical (unpaired) electrons. The van der Waals surface area contributed by atoms with Crippen molar-refractivity contribution in [2.75, 3.05) is 93.1 Å². The van der Waals surface area contributed by atoms with E-state index < -0.39 is 0 Å². The molecule has 14 heteroatoms. The number of rotatable bonds is 3. The van der Waals surface area contributed by atoms with Crippen molar-refractivity contribution in [3.63, 3.8) is 0 Å². The van der Waals surface area contributed by atoms with Crippen molar-refractivity contribution < 1.29 is 9.47 Å². The van der Waals surface area contributed by atoms with E-state index in [4.69, 9.17) is 25.9 Å². The second kappa shape index (κ2) is 15.2. The molecule has 12 nitrogen and oxygen atoms in total. The van der Waals surface area contributed by atoms with Crippen LogP contribution in [0.3, 0.4) is 0 Å². The molecule has 5 N–H and O–H groups in total. The Kier molecular flexibility index (Phi) is 11.4. The number of aliphatic imine (C=N–C) groups is 1. The number of nitrogens with zero attached hydrogens (tertiary/aromatic N) is 6. The van der Waals surface area contributed by atoms with Gasteiger partial charge in [0.05, 0.1) is 38.5 Å². The van der Waals surface area contributed by atoms with E-state index in [1.165, 1.54) is 0 Å². The summed E-state index contributed by atoms with van der Waals surface area (Å²) in [5.41, 5.74) is 11.5. The van der Waals surface area contributed by atoms with Crippen LogP contribution in [0.5, 0.6) is 0 Å². The molecule has 0 saturated carbocycles. The average molecular weight is 704 g/mol. The van der Waals surface area contributed by atoms with E-state index in [0.717, 1.165) is 124 Å². The number of halogens is 2. The van der Waals surface area contributed by atoms with Gasteiger partial charge in [-0.15, -0.1) is 17.0 Å². The predicted octanol–water partition coefficient (Wildman–Crippen LogP) is 2.67. The molecule has 4 aliphatic rings. The Bertz CT molecular complexity index is 1490. The number of benzene rings is 2. The lowest BCUT2D eigenvalue weighted by Crippen LogP contribution is -2.36. The van der Waals surface area contributed by atoms with E-state index in [1.54, 1.807) is 4.98 Å². The molecule has 0 unspecified atom stereocenters. The number of nitriles is 1. The van der Waals surface area contributed by atoms with Gasteiger partial charge >= 0.3 is 0 Å². The molecule has 2 aromatic carbocycles. The summed E-state index contributed by atoms with van der Waals surface area (Å²) in [4.78, 5) is 15.0. The Morgan fingerprint density at radius 1 is 0.905 bits per heavy atom. The Morgan fingerprint density at radius 3 is 2.12 bits per heavy atom. The van der Waals surface area contributed by atoms with Crippen LogP contribution in [0, 0.1) is 15.6 Å². The fourth-order valence-electron chi connectivity index (χ4n) is 5.31. The molecule has 0 bridgehead atoms. The fourth-order valence-corrected chi connectivity index (χ4v) is 5.31. The molecule has 224 valence electrons. The van der Waals surface area contributed by atoms with Crippen LogP contribution in [0.4, 0.5) is 22.9 Å². The fraction of sp³-hybridized carbons (Fsp3) is 0.429. The molecule has 42 heavy (non-hydrogen) atoms. The maximum absolute atomic E-state index is 8.03. The van der Waals surface area contributed by atoms with Gasteiger partial charge in [-0.1, -0.05) is 0 Å². The van der Waals surface area contributed by atoms with Gasteiger partial charge in [-0.3, -0.25) is 15.0 Å². The number of morpholine rings is 2. The number of nitrogen functional groups attached to an aromatic ring is 1. The van der Waals surface area contributed by atoms with E-state index in [2.05, 4.69) is 76.7 Å². The summed E-state index contributed by atoms with van der Waals surface area (Å²) in [7, 11) is 0. The number of nitrogens with two attached hydrogens (primary N) is 1. The molecular weight excluding hydrogens is 668 g/mol. The van der Waals surface area contributed by atoms with Crippen LogP contribution in [-0.4, -0.2) is 87.6 Å². The molecule has 3 aromatic rings. The molecule has 0 aliphatic carbocycles. The largest absolute Gasteiger partial charge is 0.398 e. The standard InChI is InChI=1S/C14H17N5O.C13H18N4O.CBrN.BrH/c15-14-17-12-9-10(18-5-7-20-8-6-18)1-2-11(12)13-16-3-4-19(13)14;14-12-9-10(17-5-7-18-8-6-17)1-2-11(12)13-15-3-4-16-13;2-1-3;/h1-2,9,15-16H,3-8H2;1-2,9H,3-8,14H2,(H,15,16);;1H. The molecular formula is C28H36Br2N10O2. The van der Waals surface area contributed by atoms with Crippen LogP contribution in [-0.2, 0) is 16.0 Å². The summed E-state index contributed by atoms with van der Waals surface area (Å²) >= 11 is 2.45. The summed E-state index contributed by atoms with van der Waals surface area (Å²) < 4.78 is 12.7. The number of hydrogen-bond acceptors (Lipinski definition) is 11. The minimum absolute atomic E-state index is 0. The molecule has 5 heterocycles. The van der Waals surface area contributed by atoms with Crippen molar-refractivity contribution in [2.45, 2.75) is 6.54 Å². The van der Waals surface area contributed by atoms with Crippen molar-refractivity contribution in [1.29, 1.82) is 10.7 Å². The molecule has 7 rings (SSSR count). The SMILES string of the molecule is Br.N#CBr.N=c1nc2cc(N3CCOCC3)ccc2c2n1CCN2.Nc1cc(N2CCOCC2)ccc1C1=NCCN1. The molecule has 0 atom stereocenters. The Balaban J connectivity index is 0.000000174. The first-order valence-corrected chi connectivity index (χ1v) is 14.5. The minimum Gasteiger partial charge on any atom is -0.398 e. The zero-order valence-corrected chi connectivity index (χ0v) is 26.6. The lowest BCUT2D eigenvalue weighted by Gasteiger charge is -2.29. The summed E-state index contributed by atoms with van der Waals surface area (Å²) in [6, 6.07) is 12.5. The van der Waals surface area contributed by atoms with E-state index >= 15 is 0 Å². The second-order valence-electron chi connectivity index (χ2n) is 9.78. The Morgan fingerprint density at radius 2 is 1.52 bits per heavy atom. The minimum atomic E-state index is 0. The van der Waals surface area contributed by atoms with Crippen LogP contribution in [0.2, 0.25) is 0 Å². The number of amidine groups is 1. The first-order valence-electron chi connectivity index (χ1n) is 13.8. The molecule has 1 aromatic heterocycles. The average Bonchev–Trinajstić information content (AvgIpc) is 3.72. The highest BCUT2D eigenvalue weighted by molar-refractivity contribution is 9.12. The van der Waals surface area contributed by atoms with Gasteiger partial charge in [0.2, 0.25) is 5.62 Å². The van der Waals surface area contributed by atoms with Crippen LogP contribution in [0.25, 0.3) is 10.9 Å². The highest BCUT2D eigenvalue weighted by Crippen LogP contribution is 2.27. The van der Waals surface area contributed by atoms with Crippen LogP contribution >= 0.6 is 32.9 Å². The van der Waals surface area contributed by atoms with E-state index in [-0.39, 0.29) is 17.0 Å². The van der Waals surface area contributed by atoms with Crippen molar-refractivity contribution >= 4 is 72.5 Å². The zero-order chi connectivity index (χ0) is 28.6. The van der Waals surface area contributed by atoms with Gasteiger partial charge in [0.15, 0.2) is 0 Å². The topological polar surface area (TPSA) is 153 Å². The number of fused-ring (bicyclic) bond motifs is 3. The predicted molar refractivity (Wildman–Crippen MR) is 175 cm³/mol. The van der Waals surface area contributed by atoms with E-state index in [0.29, 0.717) is 5.62 Å². The smallest absolute Gasteiger partial charge is 0.224 e. The van der Waals surface area contributed by atoms with Crippen molar-refractivity contribution in [2.24, 2.45) is 4.99 Å². The normalized spacial score (nSPS) is 17.2. The van der Waals surface area contributed by atoms with E-state index in [1.807, 2.05) is 10.6 Å². The summed E-state index contributed by atoms with van der Waals surface area (Å²) in [5, 5.41) is 23.0. The first-order chi connectivity index (χ1) is 20.1. The van der Waals surface area contributed by atoms with Crippen molar-refractivity contribution in [3.05, 3.63) is 47.6 Å². The van der Waals surface area contributed by atoms with Gasteiger partial charge in [0, 0.05) is 89.8 Å². The monoisotopic (exact) mass is 702 g/mol. The molecule has 0 amide bonds. The van der Waals surface area contributed by atoms with Crippen LogP contribution < -0.4 is 31.8 Å². The van der Waals surface area contributed by atoms with Crippen molar-refractivity contribution in [1.82, 2.24) is 14.9 Å². The van der Waals surface area contributed by atoms with Gasteiger partial charge in [-0.2, -0.15) is 5.26 Å². The summed E-state index contributed by atoms with van der Waals surface area (Å²) in [5.74, 6) is 1.94. The third-order valence-electron chi connectivity index (χ3n) is 7.33. The Labute approximate surface area is 263 Å². The van der Waals surface area contributed by atoms with E-state index in [9.17, 15) is 0 Å². The molecule has 2 fully saturated rings. The highest BCUT2D eigenvalue weighted by Gasteiger charge is 2.18. The summed E-state index contributed by atoms with van der Waals surface area (Å²) in [6.45, 7) is 10.2. The van der Waals surface area contributed by atoms with Gasteiger partial charge in [0.1, 0.15) is 16.6 Å². The van der Waals surface area contributed by atoms with Crippen LogP contribution in [0.15, 0.2) is 41.4 Å². The number of hydrogen-bond donors (Lipinski definition) is 4. The first kappa shape index (κ1) is 31.6. The quantitative estimate of drug-likeness (QED) is 0.302. The van der Waals surface area contributed by atoms with Gasteiger partial charge < -0.3 is 35.6 Å². The molecule has 4 aliphatic heterocycles.